The van der Waals surface area contributed by atoms with Crippen LogP contribution in [-0.4, -0.2) is 10.2 Å². The second-order valence-corrected chi connectivity index (χ2v) is 3.49. The summed E-state index contributed by atoms with van der Waals surface area (Å²) in [5.41, 5.74) is 0.793. The first kappa shape index (κ1) is 9.59. The Morgan fingerprint density at radius 2 is 1.53 bits per heavy atom. The highest BCUT2D eigenvalue weighted by Crippen LogP contribution is 2.22. The molecule has 1 aromatic rings. The van der Waals surface area contributed by atoms with E-state index in [1.165, 1.54) is 6.07 Å². The van der Waals surface area contributed by atoms with Crippen molar-refractivity contribution in [3.63, 3.8) is 0 Å². The molecule has 0 bridgehead atoms. The maximum absolute atomic E-state index is 9.26. The highest BCUT2D eigenvalue weighted by Gasteiger charge is 1.99. The Hall–Kier alpha value is -1.96. The fourth-order valence-electron chi connectivity index (χ4n) is 1.51. The number of aromatic hydroxyl groups is 2. The lowest BCUT2D eigenvalue weighted by atomic mass is 10.1. The van der Waals surface area contributed by atoms with E-state index in [-0.39, 0.29) is 11.5 Å². The van der Waals surface area contributed by atoms with Crippen molar-refractivity contribution >= 4 is 6.08 Å². The number of hydrogen-bond acceptors (Lipinski definition) is 2. The molecule has 0 amide bonds. The minimum Gasteiger partial charge on any atom is -0.508 e. The first-order valence-corrected chi connectivity index (χ1v) is 4.80. The van der Waals surface area contributed by atoms with Crippen molar-refractivity contribution in [1.29, 1.82) is 0 Å². The van der Waals surface area contributed by atoms with Crippen molar-refractivity contribution in [2.45, 2.75) is 0 Å². The van der Waals surface area contributed by atoms with Gasteiger partial charge in [-0.15, -0.1) is 0 Å². The first-order chi connectivity index (χ1) is 7.24. The average molecular weight is 200 g/mol. The third-order valence-electron chi connectivity index (χ3n) is 2.21. The van der Waals surface area contributed by atoms with E-state index >= 15 is 0 Å². The summed E-state index contributed by atoms with van der Waals surface area (Å²) in [5.74, 6) is 0.466. The van der Waals surface area contributed by atoms with Gasteiger partial charge in [0.25, 0.3) is 0 Å². The van der Waals surface area contributed by atoms with Gasteiger partial charge in [0.2, 0.25) is 0 Å². The van der Waals surface area contributed by atoms with Crippen molar-refractivity contribution in [3.05, 3.63) is 54.1 Å². The van der Waals surface area contributed by atoms with E-state index < -0.39 is 0 Å². The Morgan fingerprint density at radius 3 is 2.13 bits per heavy atom. The lowest BCUT2D eigenvalue weighted by molar-refractivity contribution is 0.450. The third-order valence-corrected chi connectivity index (χ3v) is 2.21. The maximum atomic E-state index is 9.26. The van der Waals surface area contributed by atoms with Gasteiger partial charge in [0.15, 0.2) is 0 Å². The van der Waals surface area contributed by atoms with Crippen LogP contribution in [0.15, 0.2) is 48.6 Å². The molecular weight excluding hydrogens is 188 g/mol. The molecule has 2 rings (SSSR count). The summed E-state index contributed by atoms with van der Waals surface area (Å²) < 4.78 is 0. The van der Waals surface area contributed by atoms with Crippen LogP contribution in [0.2, 0.25) is 0 Å². The van der Waals surface area contributed by atoms with E-state index in [9.17, 15) is 10.2 Å². The Morgan fingerprint density at radius 1 is 0.933 bits per heavy atom. The number of phenolic OH excluding ortho intramolecular Hbond substituents is 2. The van der Waals surface area contributed by atoms with Crippen LogP contribution >= 0.6 is 0 Å². The molecule has 1 aliphatic carbocycles. The van der Waals surface area contributed by atoms with Gasteiger partial charge >= 0.3 is 0 Å². The molecule has 0 heterocycles. The molecule has 76 valence electrons. The molecule has 2 nitrogen and oxygen atoms in total. The molecule has 0 radical (unpaired) electrons. The van der Waals surface area contributed by atoms with Gasteiger partial charge in [-0.25, -0.2) is 0 Å². The van der Waals surface area contributed by atoms with Crippen LogP contribution in [0.5, 0.6) is 11.5 Å². The second-order valence-electron chi connectivity index (χ2n) is 3.49. The predicted octanol–water partition coefficient (Wildman–Crippen LogP) is 2.85. The van der Waals surface area contributed by atoms with Crippen LogP contribution in [0.3, 0.4) is 0 Å². The van der Waals surface area contributed by atoms with Gasteiger partial charge < -0.3 is 10.2 Å². The van der Waals surface area contributed by atoms with Crippen molar-refractivity contribution in [1.82, 2.24) is 0 Å². The molecule has 1 aliphatic rings. The van der Waals surface area contributed by atoms with Crippen LogP contribution in [0.1, 0.15) is 5.56 Å². The summed E-state index contributed by atoms with van der Waals surface area (Å²) >= 11 is 0. The van der Waals surface area contributed by atoms with Gasteiger partial charge in [-0.3, -0.25) is 0 Å². The van der Waals surface area contributed by atoms with Crippen LogP contribution < -0.4 is 0 Å². The monoisotopic (exact) mass is 200 g/mol. The van der Waals surface area contributed by atoms with Gasteiger partial charge in [-0.1, -0.05) is 36.5 Å². The van der Waals surface area contributed by atoms with E-state index in [2.05, 4.69) is 12.2 Å². The smallest absolute Gasteiger partial charge is 0.119 e. The maximum Gasteiger partial charge on any atom is 0.119 e. The van der Waals surface area contributed by atoms with Crippen molar-refractivity contribution in [2.75, 3.05) is 0 Å². The average Bonchev–Trinajstić information content (AvgIpc) is 2.65. The summed E-state index contributed by atoms with van der Waals surface area (Å²) in [7, 11) is 0. The van der Waals surface area contributed by atoms with Gasteiger partial charge in [0, 0.05) is 12.0 Å². The number of allylic oxidation sites excluding steroid dienone is 5. The molecular formula is C13H12O2. The molecule has 0 atom stereocenters. The topological polar surface area (TPSA) is 40.5 Å². The van der Waals surface area contributed by atoms with Crippen LogP contribution in [0.4, 0.5) is 0 Å². The quantitative estimate of drug-likeness (QED) is 0.770. The zero-order valence-corrected chi connectivity index (χ0v) is 8.17. The van der Waals surface area contributed by atoms with Crippen molar-refractivity contribution in [2.24, 2.45) is 5.92 Å². The molecule has 0 aromatic heterocycles. The van der Waals surface area contributed by atoms with Crippen molar-refractivity contribution < 1.29 is 10.2 Å². The highest BCUT2D eigenvalue weighted by molar-refractivity contribution is 5.55. The summed E-state index contributed by atoms with van der Waals surface area (Å²) in [6, 6.07) is 4.53. The molecule has 0 saturated carbocycles. The van der Waals surface area contributed by atoms with Gasteiger partial charge in [0.05, 0.1) is 0 Å². The van der Waals surface area contributed by atoms with Gasteiger partial charge in [-0.05, 0) is 17.7 Å². The fourth-order valence-corrected chi connectivity index (χ4v) is 1.51. The Bertz CT molecular complexity index is 410. The number of benzene rings is 1. The zero-order chi connectivity index (χ0) is 10.7. The highest BCUT2D eigenvalue weighted by atomic mass is 16.3. The number of phenols is 2. The van der Waals surface area contributed by atoms with E-state index in [4.69, 9.17) is 0 Å². The standard InChI is InChI=1S/C13H12O2/c14-12-7-11(8-13(15)9-12)6-5-10-3-1-2-4-10/h1-10,14-15H/b6-5+. The molecule has 0 fully saturated rings. The van der Waals surface area contributed by atoms with E-state index in [1.54, 1.807) is 12.1 Å². The van der Waals surface area contributed by atoms with E-state index in [0.29, 0.717) is 5.92 Å². The summed E-state index contributed by atoms with van der Waals surface area (Å²) in [5, 5.41) is 18.5. The summed E-state index contributed by atoms with van der Waals surface area (Å²) in [6.45, 7) is 0. The molecule has 0 unspecified atom stereocenters. The van der Waals surface area contributed by atoms with Gasteiger partial charge in [0.1, 0.15) is 11.5 Å². The molecule has 15 heavy (non-hydrogen) atoms. The molecule has 0 spiro atoms. The molecule has 2 N–H and O–H groups in total. The minimum atomic E-state index is 0.0761. The Balaban J connectivity index is 2.16. The normalized spacial score (nSPS) is 15.5. The Labute approximate surface area is 88.5 Å². The van der Waals surface area contributed by atoms with Crippen LogP contribution in [0, 0.1) is 5.92 Å². The summed E-state index contributed by atoms with van der Waals surface area (Å²) in [4.78, 5) is 0. The number of hydrogen-bond donors (Lipinski definition) is 2. The molecule has 0 saturated heterocycles. The van der Waals surface area contributed by atoms with Crippen LogP contribution in [0.25, 0.3) is 6.08 Å². The van der Waals surface area contributed by atoms with Crippen molar-refractivity contribution in [3.8, 4) is 11.5 Å². The lowest BCUT2D eigenvalue weighted by Gasteiger charge is -1.99. The molecule has 0 aliphatic heterocycles. The number of rotatable bonds is 2. The second kappa shape index (κ2) is 4.05. The van der Waals surface area contributed by atoms with Gasteiger partial charge in [-0.2, -0.15) is 0 Å². The summed E-state index contributed by atoms with van der Waals surface area (Å²) in [6.07, 6.45) is 12.0. The Kier molecular flexibility index (Phi) is 2.59. The lowest BCUT2D eigenvalue weighted by Crippen LogP contribution is -1.80. The SMILES string of the molecule is Oc1cc(O)cc(/C=C/C2C=CC=C2)c1. The third kappa shape index (κ3) is 2.50. The van der Waals surface area contributed by atoms with E-state index in [1.807, 2.05) is 24.3 Å². The van der Waals surface area contributed by atoms with Crippen LogP contribution in [-0.2, 0) is 0 Å². The largest absolute Gasteiger partial charge is 0.508 e. The molecule has 1 aromatic carbocycles. The predicted molar refractivity (Wildman–Crippen MR) is 60.6 cm³/mol. The zero-order valence-electron chi connectivity index (χ0n) is 8.17. The van der Waals surface area contributed by atoms with E-state index in [0.717, 1.165) is 5.56 Å². The molecule has 2 heteroatoms. The first-order valence-electron chi connectivity index (χ1n) is 4.80. The minimum absolute atomic E-state index is 0.0761. The fraction of sp³-hybridized carbons (Fsp3) is 0.0769.